The lowest BCUT2D eigenvalue weighted by molar-refractivity contribution is -0.138. The number of rotatable bonds is 2. The Morgan fingerprint density at radius 2 is 1.70 bits per heavy atom. The summed E-state index contributed by atoms with van der Waals surface area (Å²) in [5.41, 5.74) is -1.21. The van der Waals surface area contributed by atoms with E-state index in [9.17, 15) is 18.0 Å². The molecule has 0 aliphatic rings. The first kappa shape index (κ1) is 14.4. The number of aromatic carboxylic acids is 1. The normalized spacial score (nSPS) is 11.4. The lowest BCUT2D eigenvalue weighted by Gasteiger charge is -2.12. The Hall–Kier alpha value is -2.01. The van der Waals surface area contributed by atoms with E-state index in [1.54, 1.807) is 18.2 Å². The van der Waals surface area contributed by atoms with Crippen LogP contribution in [0.2, 0.25) is 5.02 Å². The average Bonchev–Trinajstić information content (AvgIpc) is 2.37. The first-order valence-electron chi connectivity index (χ1n) is 5.49. The number of carboxylic acid groups (broad SMARTS) is 1. The molecule has 0 aliphatic carbocycles. The van der Waals surface area contributed by atoms with E-state index in [0.717, 1.165) is 12.1 Å². The van der Waals surface area contributed by atoms with E-state index < -0.39 is 23.3 Å². The van der Waals surface area contributed by atoms with Gasteiger partial charge in [-0.05, 0) is 35.4 Å². The van der Waals surface area contributed by atoms with Crippen LogP contribution >= 0.6 is 11.6 Å². The van der Waals surface area contributed by atoms with Gasteiger partial charge in [-0.3, -0.25) is 0 Å². The van der Waals surface area contributed by atoms with E-state index in [-0.39, 0.29) is 5.56 Å². The second kappa shape index (κ2) is 5.17. The molecule has 0 atom stereocenters. The molecule has 104 valence electrons. The molecule has 0 radical (unpaired) electrons. The van der Waals surface area contributed by atoms with Crippen LogP contribution in [0.15, 0.2) is 42.5 Å². The zero-order valence-corrected chi connectivity index (χ0v) is 10.7. The van der Waals surface area contributed by atoms with Crippen molar-refractivity contribution in [3.05, 3.63) is 58.6 Å². The standard InChI is InChI=1S/C14H8ClF3O2/c15-10-3-1-2-8(6-10)9-4-5-11(13(19)20)12(7-9)14(16,17)18/h1-7H,(H,19,20). The fraction of sp³-hybridized carbons (Fsp3) is 0.0714. The number of carboxylic acids is 1. The van der Waals surface area contributed by atoms with Crippen LogP contribution in [0.5, 0.6) is 0 Å². The summed E-state index contributed by atoms with van der Waals surface area (Å²) < 4.78 is 38.7. The van der Waals surface area contributed by atoms with E-state index in [0.29, 0.717) is 10.6 Å². The third kappa shape index (κ3) is 2.93. The van der Waals surface area contributed by atoms with Gasteiger partial charge in [-0.25, -0.2) is 4.79 Å². The molecule has 0 unspecified atom stereocenters. The summed E-state index contributed by atoms with van der Waals surface area (Å²) in [6.07, 6.45) is -4.73. The molecule has 2 nitrogen and oxygen atoms in total. The molecular weight excluding hydrogens is 293 g/mol. The summed E-state index contributed by atoms with van der Waals surface area (Å²) in [6, 6.07) is 9.40. The maximum atomic E-state index is 12.9. The lowest BCUT2D eigenvalue weighted by Crippen LogP contribution is -2.12. The molecule has 1 N–H and O–H groups in total. The minimum Gasteiger partial charge on any atom is -0.478 e. The van der Waals surface area contributed by atoms with Gasteiger partial charge in [0.25, 0.3) is 0 Å². The summed E-state index contributed by atoms with van der Waals surface area (Å²) in [4.78, 5) is 10.8. The van der Waals surface area contributed by atoms with Crippen LogP contribution in [0.1, 0.15) is 15.9 Å². The average molecular weight is 301 g/mol. The minimum atomic E-state index is -4.73. The molecule has 0 bridgehead atoms. The van der Waals surface area contributed by atoms with Crippen molar-refractivity contribution >= 4 is 17.6 Å². The van der Waals surface area contributed by atoms with Crippen LogP contribution in [0.4, 0.5) is 13.2 Å². The zero-order valence-electron chi connectivity index (χ0n) is 9.91. The van der Waals surface area contributed by atoms with Gasteiger partial charge in [0.1, 0.15) is 0 Å². The summed E-state index contributed by atoms with van der Waals surface area (Å²) in [5.74, 6) is -1.62. The fourth-order valence-corrected chi connectivity index (χ4v) is 2.00. The molecule has 0 aromatic heterocycles. The molecule has 0 saturated heterocycles. The second-order valence-electron chi connectivity index (χ2n) is 4.07. The number of hydrogen-bond acceptors (Lipinski definition) is 1. The number of carbonyl (C=O) groups is 1. The molecule has 20 heavy (non-hydrogen) atoms. The predicted molar refractivity (Wildman–Crippen MR) is 68.8 cm³/mol. The highest BCUT2D eigenvalue weighted by Crippen LogP contribution is 2.35. The fourth-order valence-electron chi connectivity index (χ4n) is 1.81. The summed E-state index contributed by atoms with van der Waals surface area (Å²) >= 11 is 5.79. The molecule has 0 aliphatic heterocycles. The van der Waals surface area contributed by atoms with Gasteiger partial charge in [-0.15, -0.1) is 0 Å². The van der Waals surface area contributed by atoms with Crippen molar-refractivity contribution in [1.29, 1.82) is 0 Å². The van der Waals surface area contributed by atoms with Crippen LogP contribution in [-0.2, 0) is 6.18 Å². The van der Waals surface area contributed by atoms with Crippen molar-refractivity contribution in [2.24, 2.45) is 0 Å². The van der Waals surface area contributed by atoms with Gasteiger partial charge in [0.05, 0.1) is 11.1 Å². The molecule has 0 fully saturated rings. The molecule has 0 spiro atoms. The largest absolute Gasteiger partial charge is 0.478 e. The molecule has 2 aromatic rings. The van der Waals surface area contributed by atoms with Gasteiger partial charge in [0.2, 0.25) is 0 Å². The predicted octanol–water partition coefficient (Wildman–Crippen LogP) is 4.72. The van der Waals surface area contributed by atoms with Crippen molar-refractivity contribution in [3.63, 3.8) is 0 Å². The van der Waals surface area contributed by atoms with Crippen LogP contribution in [-0.4, -0.2) is 11.1 Å². The Morgan fingerprint density at radius 1 is 1.05 bits per heavy atom. The van der Waals surface area contributed by atoms with Crippen molar-refractivity contribution in [2.45, 2.75) is 6.18 Å². The molecule has 0 heterocycles. The first-order valence-corrected chi connectivity index (χ1v) is 5.87. The Kier molecular flexibility index (Phi) is 3.72. The van der Waals surface area contributed by atoms with Gasteiger partial charge < -0.3 is 5.11 Å². The molecule has 2 rings (SSSR count). The van der Waals surface area contributed by atoms with Crippen LogP contribution in [0.25, 0.3) is 11.1 Å². The summed E-state index contributed by atoms with van der Waals surface area (Å²) in [6.45, 7) is 0. The van der Waals surface area contributed by atoms with Crippen LogP contribution in [0, 0.1) is 0 Å². The number of halogens is 4. The van der Waals surface area contributed by atoms with Crippen LogP contribution in [0.3, 0.4) is 0 Å². The van der Waals surface area contributed by atoms with E-state index >= 15 is 0 Å². The zero-order chi connectivity index (χ0) is 14.9. The third-order valence-corrected chi connectivity index (χ3v) is 2.95. The topological polar surface area (TPSA) is 37.3 Å². The Bertz CT molecular complexity index is 666. The quantitative estimate of drug-likeness (QED) is 0.871. The van der Waals surface area contributed by atoms with Crippen LogP contribution < -0.4 is 0 Å². The van der Waals surface area contributed by atoms with E-state index in [1.165, 1.54) is 12.1 Å². The number of benzene rings is 2. The summed E-state index contributed by atoms with van der Waals surface area (Å²) in [7, 11) is 0. The van der Waals surface area contributed by atoms with Gasteiger partial charge in [0, 0.05) is 5.02 Å². The minimum absolute atomic E-state index is 0.254. The molecule has 6 heteroatoms. The molecular formula is C14H8ClF3O2. The van der Waals surface area contributed by atoms with Gasteiger partial charge in [-0.2, -0.15) is 13.2 Å². The first-order chi connectivity index (χ1) is 9.29. The highest BCUT2D eigenvalue weighted by atomic mass is 35.5. The van der Waals surface area contributed by atoms with Crippen molar-refractivity contribution < 1.29 is 23.1 Å². The highest BCUT2D eigenvalue weighted by Gasteiger charge is 2.35. The Labute approximate surface area is 117 Å². The third-order valence-electron chi connectivity index (χ3n) is 2.71. The smallest absolute Gasteiger partial charge is 0.417 e. The van der Waals surface area contributed by atoms with Gasteiger partial charge >= 0.3 is 12.1 Å². The maximum Gasteiger partial charge on any atom is 0.417 e. The molecule has 0 saturated carbocycles. The maximum absolute atomic E-state index is 12.9. The summed E-state index contributed by atoms with van der Waals surface area (Å²) in [5, 5.41) is 9.20. The molecule has 2 aromatic carbocycles. The van der Waals surface area contributed by atoms with Crippen molar-refractivity contribution in [1.82, 2.24) is 0 Å². The SMILES string of the molecule is O=C(O)c1ccc(-c2cccc(Cl)c2)cc1C(F)(F)F. The monoisotopic (exact) mass is 300 g/mol. The van der Waals surface area contributed by atoms with Gasteiger partial charge in [0.15, 0.2) is 0 Å². The lowest BCUT2D eigenvalue weighted by atomic mass is 9.99. The molecule has 0 amide bonds. The number of hydrogen-bond donors (Lipinski definition) is 1. The van der Waals surface area contributed by atoms with Gasteiger partial charge in [-0.1, -0.05) is 29.8 Å². The van der Waals surface area contributed by atoms with E-state index in [2.05, 4.69) is 0 Å². The van der Waals surface area contributed by atoms with E-state index in [4.69, 9.17) is 16.7 Å². The second-order valence-corrected chi connectivity index (χ2v) is 4.51. The number of alkyl halides is 3. The van der Waals surface area contributed by atoms with E-state index in [1.807, 2.05) is 0 Å². The Balaban J connectivity index is 2.61. The van der Waals surface area contributed by atoms with Crippen molar-refractivity contribution in [3.8, 4) is 11.1 Å². The Morgan fingerprint density at radius 3 is 2.25 bits per heavy atom. The highest BCUT2D eigenvalue weighted by molar-refractivity contribution is 6.30. The van der Waals surface area contributed by atoms with Crippen molar-refractivity contribution in [2.75, 3.05) is 0 Å².